The zero-order valence-electron chi connectivity index (χ0n) is 12.1. The van der Waals surface area contributed by atoms with Crippen LogP contribution in [0.4, 0.5) is 0 Å². The maximum atomic E-state index is 12.3. The summed E-state index contributed by atoms with van der Waals surface area (Å²) in [4.78, 5) is 11.1. The first kappa shape index (κ1) is 17.4. The van der Waals surface area contributed by atoms with Gasteiger partial charge in [0.2, 0.25) is 10.0 Å². The van der Waals surface area contributed by atoms with Crippen molar-refractivity contribution in [3.63, 3.8) is 0 Å². The van der Waals surface area contributed by atoms with E-state index >= 15 is 0 Å². The largest absolute Gasteiger partial charge is 0.469 e. The molecule has 0 saturated carbocycles. The Morgan fingerprint density at radius 3 is 2.70 bits per heavy atom. The van der Waals surface area contributed by atoms with Crippen molar-refractivity contribution >= 4 is 16.0 Å². The van der Waals surface area contributed by atoms with Crippen LogP contribution in [0.2, 0.25) is 0 Å². The lowest BCUT2D eigenvalue weighted by atomic mass is 10.2. The van der Waals surface area contributed by atoms with Crippen molar-refractivity contribution in [1.82, 2.24) is 9.62 Å². The van der Waals surface area contributed by atoms with Gasteiger partial charge in [-0.05, 0) is 19.4 Å². The van der Waals surface area contributed by atoms with Gasteiger partial charge in [0, 0.05) is 26.2 Å². The van der Waals surface area contributed by atoms with Crippen LogP contribution in [0.25, 0.3) is 0 Å². The molecule has 118 valence electrons. The van der Waals surface area contributed by atoms with E-state index in [0.717, 1.165) is 19.4 Å². The Morgan fingerprint density at radius 2 is 2.15 bits per heavy atom. The summed E-state index contributed by atoms with van der Waals surface area (Å²) in [5.41, 5.74) is 0. The minimum Gasteiger partial charge on any atom is -0.469 e. The lowest BCUT2D eigenvalue weighted by molar-refractivity contribution is -0.140. The topological polar surface area (TPSA) is 84.9 Å². The smallest absolute Gasteiger partial charge is 0.306 e. The maximum absolute atomic E-state index is 12.3. The lowest BCUT2D eigenvalue weighted by Gasteiger charge is -2.24. The zero-order chi connectivity index (χ0) is 15.0. The molecular weight excluding hydrogens is 284 g/mol. The molecule has 8 heteroatoms. The fraction of sp³-hybridized carbons (Fsp3) is 0.917. The fourth-order valence-corrected chi connectivity index (χ4v) is 3.58. The van der Waals surface area contributed by atoms with Crippen molar-refractivity contribution < 1.29 is 22.7 Å². The number of nitrogens with one attached hydrogen (secondary N) is 1. The molecule has 20 heavy (non-hydrogen) atoms. The van der Waals surface area contributed by atoms with Crippen molar-refractivity contribution in [3.05, 3.63) is 0 Å². The Labute approximate surface area is 120 Å². The summed E-state index contributed by atoms with van der Waals surface area (Å²) < 4.78 is 35.4. The number of hydrogen-bond acceptors (Lipinski definition) is 6. The van der Waals surface area contributed by atoms with E-state index in [2.05, 4.69) is 10.1 Å². The Balaban J connectivity index is 2.60. The first-order valence-electron chi connectivity index (χ1n) is 6.76. The molecular formula is C12H24N2O5S. The maximum Gasteiger partial charge on any atom is 0.306 e. The summed E-state index contributed by atoms with van der Waals surface area (Å²) in [5.74, 6) is -0.741. The van der Waals surface area contributed by atoms with Crippen LogP contribution in [0, 0.1) is 0 Å². The average Bonchev–Trinajstić information content (AvgIpc) is 2.93. The first-order chi connectivity index (χ1) is 9.49. The molecule has 1 aliphatic rings. The molecule has 0 spiro atoms. The molecule has 0 aliphatic carbocycles. The van der Waals surface area contributed by atoms with Crippen LogP contribution in [-0.2, 0) is 24.3 Å². The summed E-state index contributed by atoms with van der Waals surface area (Å²) in [6, 6.07) is 0.180. The van der Waals surface area contributed by atoms with Gasteiger partial charge in [-0.15, -0.1) is 0 Å². The van der Waals surface area contributed by atoms with E-state index in [4.69, 9.17) is 4.74 Å². The van der Waals surface area contributed by atoms with Crippen LogP contribution >= 0.6 is 0 Å². The Bertz CT molecular complexity index is 393. The van der Waals surface area contributed by atoms with Gasteiger partial charge in [-0.1, -0.05) is 0 Å². The molecule has 0 radical (unpaired) electrons. The Morgan fingerprint density at radius 1 is 1.40 bits per heavy atom. The summed E-state index contributed by atoms with van der Waals surface area (Å²) >= 11 is 0. The highest BCUT2D eigenvalue weighted by atomic mass is 32.2. The van der Waals surface area contributed by atoms with Gasteiger partial charge in [-0.3, -0.25) is 4.79 Å². The lowest BCUT2D eigenvalue weighted by Crippen LogP contribution is -2.43. The molecule has 0 aromatic rings. The van der Waals surface area contributed by atoms with E-state index in [9.17, 15) is 13.2 Å². The number of carbonyl (C=O) groups excluding carboxylic acids is 1. The van der Waals surface area contributed by atoms with Crippen molar-refractivity contribution in [1.29, 1.82) is 0 Å². The highest BCUT2D eigenvalue weighted by molar-refractivity contribution is 7.89. The van der Waals surface area contributed by atoms with Crippen molar-refractivity contribution in [2.24, 2.45) is 0 Å². The number of carbonyl (C=O) groups is 1. The van der Waals surface area contributed by atoms with E-state index in [1.54, 1.807) is 0 Å². The van der Waals surface area contributed by atoms with Crippen LogP contribution < -0.4 is 5.32 Å². The quantitative estimate of drug-likeness (QED) is 0.582. The Hall–Kier alpha value is -0.700. The van der Waals surface area contributed by atoms with Crippen LogP contribution in [0.1, 0.15) is 19.3 Å². The van der Waals surface area contributed by atoms with Crippen LogP contribution in [0.5, 0.6) is 0 Å². The average molecular weight is 308 g/mol. The van der Waals surface area contributed by atoms with Crippen molar-refractivity contribution in [2.75, 3.05) is 46.2 Å². The predicted octanol–water partition coefficient (Wildman–Crippen LogP) is -0.420. The minimum atomic E-state index is -3.47. The second-order valence-corrected chi connectivity index (χ2v) is 6.87. The molecule has 1 N–H and O–H groups in total. The van der Waals surface area contributed by atoms with E-state index < -0.39 is 16.0 Å². The van der Waals surface area contributed by atoms with Gasteiger partial charge >= 0.3 is 5.97 Å². The molecule has 1 aliphatic heterocycles. The SMILES string of the molecule is COCCN(CC1CCCN1)S(=O)(=O)CCC(=O)OC. The molecule has 0 aromatic carbocycles. The van der Waals surface area contributed by atoms with Gasteiger partial charge in [-0.2, -0.15) is 4.31 Å². The van der Waals surface area contributed by atoms with Gasteiger partial charge in [0.05, 0.1) is 25.9 Å². The van der Waals surface area contributed by atoms with Crippen LogP contribution in [0.3, 0.4) is 0 Å². The molecule has 1 rings (SSSR count). The molecule has 1 unspecified atom stereocenters. The molecule has 7 nitrogen and oxygen atoms in total. The summed E-state index contributed by atoms with van der Waals surface area (Å²) in [6.07, 6.45) is 1.90. The number of hydrogen-bond donors (Lipinski definition) is 1. The standard InChI is InChI=1S/C12H24N2O5S/c1-18-8-7-14(10-11-4-3-6-13-11)20(16,17)9-5-12(15)19-2/h11,13H,3-10H2,1-2H3. The molecule has 1 heterocycles. The molecule has 1 saturated heterocycles. The highest BCUT2D eigenvalue weighted by Crippen LogP contribution is 2.11. The fourth-order valence-electron chi connectivity index (χ4n) is 2.14. The van der Waals surface area contributed by atoms with E-state index in [1.165, 1.54) is 18.5 Å². The molecule has 0 bridgehead atoms. The second kappa shape index (κ2) is 8.56. The second-order valence-electron chi connectivity index (χ2n) is 4.79. The van der Waals surface area contributed by atoms with Crippen molar-refractivity contribution in [3.8, 4) is 0 Å². The van der Waals surface area contributed by atoms with Crippen LogP contribution in [-0.4, -0.2) is 70.9 Å². The number of ether oxygens (including phenoxy) is 2. The summed E-state index contributed by atoms with van der Waals surface area (Å²) in [5, 5.41) is 3.27. The van der Waals surface area contributed by atoms with E-state index in [0.29, 0.717) is 19.7 Å². The monoisotopic (exact) mass is 308 g/mol. The first-order valence-corrected chi connectivity index (χ1v) is 8.37. The van der Waals surface area contributed by atoms with Gasteiger partial charge in [-0.25, -0.2) is 8.42 Å². The number of sulfonamides is 1. The molecule has 0 aromatic heterocycles. The molecule has 1 fully saturated rings. The third-order valence-corrected chi connectivity index (χ3v) is 5.15. The summed E-state index contributed by atoms with van der Waals surface area (Å²) in [7, 11) is -0.690. The van der Waals surface area contributed by atoms with E-state index in [1.807, 2.05) is 0 Å². The zero-order valence-corrected chi connectivity index (χ0v) is 12.9. The summed E-state index contributed by atoms with van der Waals surface area (Å²) in [6.45, 7) is 1.99. The third kappa shape index (κ3) is 5.74. The highest BCUT2D eigenvalue weighted by Gasteiger charge is 2.27. The third-order valence-electron chi connectivity index (χ3n) is 3.32. The van der Waals surface area contributed by atoms with Gasteiger partial charge < -0.3 is 14.8 Å². The van der Waals surface area contributed by atoms with Gasteiger partial charge in [0.25, 0.3) is 0 Å². The molecule has 1 atom stereocenters. The number of esters is 1. The van der Waals surface area contributed by atoms with E-state index in [-0.39, 0.29) is 18.2 Å². The van der Waals surface area contributed by atoms with Crippen molar-refractivity contribution in [2.45, 2.75) is 25.3 Å². The normalized spacial score (nSPS) is 19.4. The van der Waals surface area contributed by atoms with Gasteiger partial charge in [0.15, 0.2) is 0 Å². The predicted molar refractivity (Wildman–Crippen MR) is 74.9 cm³/mol. The van der Waals surface area contributed by atoms with Gasteiger partial charge in [0.1, 0.15) is 0 Å². The van der Waals surface area contributed by atoms with Crippen LogP contribution in [0.15, 0.2) is 0 Å². The number of nitrogens with zero attached hydrogens (tertiary/aromatic N) is 1. The number of methoxy groups -OCH3 is 2. The number of rotatable bonds is 9. The Kier molecular flexibility index (Phi) is 7.42. The minimum absolute atomic E-state index is 0.125. The molecule has 0 amide bonds.